The van der Waals surface area contributed by atoms with E-state index >= 15 is 0 Å². The van der Waals surface area contributed by atoms with Gasteiger partial charge in [-0.15, -0.1) is 0 Å². The van der Waals surface area contributed by atoms with Gasteiger partial charge in [0.1, 0.15) is 0 Å². The van der Waals surface area contributed by atoms with Crippen molar-refractivity contribution in [1.82, 2.24) is 10.6 Å². The summed E-state index contributed by atoms with van der Waals surface area (Å²) in [6.45, 7) is 4.19. The Morgan fingerprint density at radius 3 is 2.43 bits per heavy atom. The molecule has 2 saturated carbocycles. The Bertz CT molecular complexity index is 870. The van der Waals surface area contributed by atoms with Crippen molar-refractivity contribution in [2.24, 2.45) is 11.8 Å². The molecule has 4 nitrogen and oxygen atoms in total. The van der Waals surface area contributed by atoms with Crippen LogP contribution in [0.4, 0.5) is 0 Å². The van der Waals surface area contributed by atoms with E-state index < -0.39 is 5.97 Å². The lowest BCUT2D eigenvalue weighted by Gasteiger charge is -2.36. The molecule has 0 aromatic heterocycles. The Kier molecular flexibility index (Phi) is 6.66. The van der Waals surface area contributed by atoms with E-state index in [4.69, 9.17) is 5.11 Å². The summed E-state index contributed by atoms with van der Waals surface area (Å²) in [7, 11) is 0. The van der Waals surface area contributed by atoms with Crippen LogP contribution in [0, 0.1) is 11.8 Å². The molecule has 2 atom stereocenters. The quantitative estimate of drug-likeness (QED) is 0.536. The van der Waals surface area contributed by atoms with Crippen LogP contribution in [0.3, 0.4) is 0 Å². The molecule has 2 aliphatic carbocycles. The first-order chi connectivity index (χ1) is 14.6. The van der Waals surface area contributed by atoms with Gasteiger partial charge in [0.15, 0.2) is 0 Å². The minimum atomic E-state index is -0.872. The van der Waals surface area contributed by atoms with Gasteiger partial charge in [0.05, 0.1) is 5.56 Å². The molecule has 0 bridgehead atoms. The molecule has 30 heavy (non-hydrogen) atoms. The summed E-state index contributed by atoms with van der Waals surface area (Å²) in [5.41, 5.74) is 4.36. The molecule has 2 fully saturated rings. The van der Waals surface area contributed by atoms with E-state index in [1.165, 1.54) is 24.8 Å². The number of benzene rings is 2. The van der Waals surface area contributed by atoms with Crippen LogP contribution in [0.2, 0.25) is 0 Å². The van der Waals surface area contributed by atoms with Gasteiger partial charge in [0.2, 0.25) is 0 Å². The number of hydrogen-bond donors (Lipinski definition) is 3. The maximum Gasteiger partial charge on any atom is 0.335 e. The molecule has 2 aromatic rings. The predicted octanol–water partition coefficient (Wildman–Crippen LogP) is 4.72. The van der Waals surface area contributed by atoms with Crippen LogP contribution in [0.25, 0.3) is 6.08 Å². The van der Waals surface area contributed by atoms with Gasteiger partial charge < -0.3 is 15.7 Å². The molecule has 0 heterocycles. The van der Waals surface area contributed by atoms with Crippen molar-refractivity contribution in [3.8, 4) is 0 Å². The van der Waals surface area contributed by atoms with E-state index in [2.05, 4.69) is 54.0 Å². The normalized spacial score (nSPS) is 25.6. The second-order valence-corrected chi connectivity index (χ2v) is 8.76. The van der Waals surface area contributed by atoms with E-state index in [0.717, 1.165) is 31.0 Å². The maximum absolute atomic E-state index is 10.9. The number of carboxylic acids is 1. The second-order valence-electron chi connectivity index (χ2n) is 8.76. The Hall–Kier alpha value is -2.43. The van der Waals surface area contributed by atoms with Gasteiger partial charge in [-0.1, -0.05) is 61.0 Å². The second kappa shape index (κ2) is 9.59. The summed E-state index contributed by atoms with van der Waals surface area (Å²) in [5.74, 6) is 0.600. The highest BCUT2D eigenvalue weighted by molar-refractivity contribution is 5.87. The lowest BCUT2D eigenvalue weighted by molar-refractivity contribution is 0.0697. The molecule has 0 spiro atoms. The van der Waals surface area contributed by atoms with Crippen LogP contribution < -0.4 is 10.6 Å². The van der Waals surface area contributed by atoms with Crippen LogP contribution in [0.5, 0.6) is 0 Å². The molecule has 2 aliphatic rings. The topological polar surface area (TPSA) is 61.4 Å². The summed E-state index contributed by atoms with van der Waals surface area (Å²) in [6.07, 6.45) is 7.21. The largest absolute Gasteiger partial charge is 0.478 e. The van der Waals surface area contributed by atoms with Crippen LogP contribution in [-0.4, -0.2) is 29.7 Å². The Balaban J connectivity index is 1.14. The Labute approximate surface area is 179 Å². The predicted molar refractivity (Wildman–Crippen MR) is 121 cm³/mol. The average Bonchev–Trinajstić information content (AvgIpc) is 3.51. The summed E-state index contributed by atoms with van der Waals surface area (Å²) in [6, 6.07) is 19.0. The average molecular weight is 405 g/mol. The lowest BCUT2D eigenvalue weighted by atomic mass is 9.80. The summed E-state index contributed by atoms with van der Waals surface area (Å²) in [4.78, 5) is 10.9. The summed E-state index contributed by atoms with van der Waals surface area (Å²) < 4.78 is 0. The number of aromatic carboxylic acids is 1. The van der Waals surface area contributed by atoms with Crippen molar-refractivity contribution in [1.29, 1.82) is 0 Å². The molecular formula is C26H32N2O2. The highest BCUT2D eigenvalue weighted by Crippen LogP contribution is 2.40. The van der Waals surface area contributed by atoms with Gasteiger partial charge in [-0.2, -0.15) is 0 Å². The minimum absolute atomic E-state index is 0.344. The van der Waals surface area contributed by atoms with E-state index in [1.807, 2.05) is 12.1 Å². The van der Waals surface area contributed by atoms with E-state index in [9.17, 15) is 4.79 Å². The van der Waals surface area contributed by atoms with Crippen molar-refractivity contribution < 1.29 is 9.90 Å². The maximum atomic E-state index is 10.9. The van der Waals surface area contributed by atoms with E-state index in [1.54, 1.807) is 17.7 Å². The third kappa shape index (κ3) is 5.38. The molecule has 0 amide bonds. The van der Waals surface area contributed by atoms with Gasteiger partial charge in [0.25, 0.3) is 0 Å². The number of rotatable bonds is 10. The van der Waals surface area contributed by atoms with Crippen molar-refractivity contribution >= 4 is 12.0 Å². The van der Waals surface area contributed by atoms with E-state index in [-0.39, 0.29) is 0 Å². The molecule has 158 valence electrons. The standard InChI is InChI=1S/C26H32N2O2/c1-2-21(12-18-6-4-3-5-7-18)24-15-25(24)28-17-20-13-23(14-20)27-16-19-8-10-22(11-9-19)26(29)30/h3-12,20,23-25,27-28H,2,13-17H2,1H3,(H,29,30)/t20?,23?,24?,25-/m0/s1. The molecule has 2 aromatic carbocycles. The first kappa shape index (κ1) is 20.8. The summed E-state index contributed by atoms with van der Waals surface area (Å²) in [5, 5.41) is 16.4. The van der Waals surface area contributed by atoms with Crippen molar-refractivity contribution in [2.75, 3.05) is 6.54 Å². The first-order valence-electron chi connectivity index (χ1n) is 11.2. The van der Waals surface area contributed by atoms with Crippen molar-refractivity contribution in [3.63, 3.8) is 0 Å². The highest BCUT2D eigenvalue weighted by atomic mass is 16.4. The third-order valence-electron chi connectivity index (χ3n) is 6.53. The zero-order valence-corrected chi connectivity index (χ0v) is 17.7. The van der Waals surface area contributed by atoms with Gasteiger partial charge >= 0.3 is 5.97 Å². The van der Waals surface area contributed by atoms with Crippen LogP contribution in [0.15, 0.2) is 60.2 Å². The van der Waals surface area contributed by atoms with Crippen LogP contribution in [-0.2, 0) is 6.54 Å². The van der Waals surface area contributed by atoms with Crippen molar-refractivity contribution in [2.45, 2.75) is 51.2 Å². The fourth-order valence-corrected chi connectivity index (χ4v) is 4.48. The SMILES string of the molecule is CCC(=Cc1ccccc1)C1C[C@@H]1NCC1CC(NCc2ccc(C(=O)O)cc2)C1. The van der Waals surface area contributed by atoms with E-state index in [0.29, 0.717) is 23.6 Å². The fourth-order valence-electron chi connectivity index (χ4n) is 4.48. The number of hydrogen-bond acceptors (Lipinski definition) is 3. The third-order valence-corrected chi connectivity index (χ3v) is 6.53. The monoisotopic (exact) mass is 404 g/mol. The molecule has 0 radical (unpaired) electrons. The first-order valence-corrected chi connectivity index (χ1v) is 11.2. The Morgan fingerprint density at radius 2 is 1.77 bits per heavy atom. The zero-order chi connectivity index (χ0) is 20.9. The fraction of sp³-hybridized carbons (Fsp3) is 0.423. The highest BCUT2D eigenvalue weighted by Gasteiger charge is 2.39. The van der Waals surface area contributed by atoms with Crippen molar-refractivity contribution in [3.05, 3.63) is 76.9 Å². The number of carboxylic acid groups (broad SMARTS) is 1. The Morgan fingerprint density at radius 1 is 1.03 bits per heavy atom. The number of nitrogens with one attached hydrogen (secondary N) is 2. The van der Waals surface area contributed by atoms with Gasteiger partial charge in [-0.05, 0) is 67.3 Å². The molecule has 1 unspecified atom stereocenters. The molecule has 3 N–H and O–H groups in total. The summed E-state index contributed by atoms with van der Waals surface area (Å²) >= 11 is 0. The molecule has 0 saturated heterocycles. The van der Waals surface area contributed by atoms with Crippen LogP contribution in [0.1, 0.15) is 54.1 Å². The zero-order valence-electron chi connectivity index (χ0n) is 17.7. The minimum Gasteiger partial charge on any atom is -0.478 e. The van der Waals surface area contributed by atoms with Crippen LogP contribution >= 0.6 is 0 Å². The van der Waals surface area contributed by atoms with Gasteiger partial charge in [-0.25, -0.2) is 4.79 Å². The molecule has 4 heteroatoms. The van der Waals surface area contributed by atoms with Gasteiger partial charge in [-0.3, -0.25) is 0 Å². The molecular weight excluding hydrogens is 372 g/mol. The van der Waals surface area contributed by atoms with Gasteiger partial charge in [0, 0.05) is 18.6 Å². The molecule has 4 rings (SSSR count). The molecule has 0 aliphatic heterocycles. The smallest absolute Gasteiger partial charge is 0.335 e. The number of carbonyl (C=O) groups is 1. The lowest BCUT2D eigenvalue weighted by Crippen LogP contribution is -2.44.